The number of nitrogens with one attached hydrogen (secondary N) is 2. The third kappa shape index (κ3) is 5.15. The molecular formula is C27H27F2N3O4. The molecular weight excluding hydrogens is 468 g/mol. The van der Waals surface area contributed by atoms with Crippen molar-refractivity contribution in [3.05, 3.63) is 65.7 Å². The maximum atomic E-state index is 13.4. The number of fused-ring (bicyclic) bond motifs is 1. The maximum absolute atomic E-state index is 13.4. The standard InChI is InChI=1S/C27H27F2N3O4/c1-15(2)24(33)30-19-8-6-7-17(13-19)23-16(3)9-12-22(31-23)32-25(34)26(4,5)18-10-11-20-21(14-18)36-27(28,29)35-20/h6-15H,1-5H3,(H,30,33)(H,31,32,34). The highest BCUT2D eigenvalue weighted by Crippen LogP contribution is 2.43. The fraction of sp³-hybridized carbons (Fsp3) is 0.296. The van der Waals surface area contributed by atoms with E-state index in [4.69, 9.17) is 0 Å². The third-order valence-corrected chi connectivity index (χ3v) is 5.96. The second kappa shape index (κ2) is 9.22. The Morgan fingerprint density at radius 3 is 2.42 bits per heavy atom. The van der Waals surface area contributed by atoms with E-state index in [2.05, 4.69) is 25.1 Å². The van der Waals surface area contributed by atoms with Crippen LogP contribution in [0.5, 0.6) is 11.5 Å². The summed E-state index contributed by atoms with van der Waals surface area (Å²) in [7, 11) is 0. The molecule has 0 atom stereocenters. The molecule has 0 aliphatic carbocycles. The van der Waals surface area contributed by atoms with Crippen LogP contribution >= 0.6 is 0 Å². The minimum atomic E-state index is -3.73. The zero-order chi connectivity index (χ0) is 26.3. The quantitative estimate of drug-likeness (QED) is 0.445. The molecule has 1 aliphatic rings. The van der Waals surface area contributed by atoms with Crippen LogP contribution in [0, 0.1) is 12.8 Å². The Morgan fingerprint density at radius 2 is 1.69 bits per heavy atom. The number of alkyl halides is 2. The van der Waals surface area contributed by atoms with E-state index in [-0.39, 0.29) is 29.2 Å². The zero-order valence-electron chi connectivity index (χ0n) is 20.6. The van der Waals surface area contributed by atoms with E-state index in [1.165, 1.54) is 12.1 Å². The highest BCUT2D eigenvalue weighted by Gasteiger charge is 2.44. The SMILES string of the molecule is Cc1ccc(NC(=O)C(C)(C)c2ccc3c(c2)OC(F)(F)O3)nc1-c1cccc(NC(=O)C(C)C)c1. The summed E-state index contributed by atoms with van der Waals surface area (Å²) < 4.78 is 35.7. The lowest BCUT2D eigenvalue weighted by Crippen LogP contribution is -2.35. The lowest BCUT2D eigenvalue weighted by Gasteiger charge is -2.24. The van der Waals surface area contributed by atoms with Gasteiger partial charge in [0, 0.05) is 17.2 Å². The molecule has 188 valence electrons. The number of benzene rings is 2. The normalized spacial score (nSPS) is 14.0. The number of rotatable bonds is 6. The molecule has 1 aromatic heterocycles. The van der Waals surface area contributed by atoms with Crippen molar-refractivity contribution in [2.45, 2.75) is 46.3 Å². The van der Waals surface area contributed by atoms with Crippen LogP contribution in [0.15, 0.2) is 54.6 Å². The molecule has 7 nitrogen and oxygen atoms in total. The number of nitrogens with zero attached hydrogens (tertiary/aromatic N) is 1. The lowest BCUT2D eigenvalue weighted by atomic mass is 9.83. The van der Waals surface area contributed by atoms with Crippen LogP contribution in [0.4, 0.5) is 20.3 Å². The van der Waals surface area contributed by atoms with Gasteiger partial charge in [-0.25, -0.2) is 4.98 Å². The number of halogens is 2. The average molecular weight is 496 g/mol. The van der Waals surface area contributed by atoms with Crippen molar-refractivity contribution in [3.63, 3.8) is 0 Å². The highest BCUT2D eigenvalue weighted by molar-refractivity contribution is 5.98. The highest BCUT2D eigenvalue weighted by atomic mass is 19.3. The first kappa shape index (κ1) is 25.1. The molecule has 0 saturated heterocycles. The van der Waals surface area contributed by atoms with E-state index in [0.717, 1.165) is 11.1 Å². The zero-order valence-corrected chi connectivity index (χ0v) is 20.6. The molecule has 2 amide bonds. The van der Waals surface area contributed by atoms with Crippen LogP contribution in [-0.4, -0.2) is 23.1 Å². The molecule has 2 aromatic carbocycles. The first-order valence-corrected chi connectivity index (χ1v) is 11.5. The predicted octanol–water partition coefficient (Wildman–Crippen LogP) is 5.89. The first-order chi connectivity index (χ1) is 16.9. The summed E-state index contributed by atoms with van der Waals surface area (Å²) in [6.07, 6.45) is -3.73. The van der Waals surface area contributed by atoms with Gasteiger partial charge in [0.1, 0.15) is 5.82 Å². The Balaban J connectivity index is 1.56. The van der Waals surface area contributed by atoms with Crippen LogP contribution in [0.1, 0.15) is 38.8 Å². The van der Waals surface area contributed by atoms with Gasteiger partial charge in [0.2, 0.25) is 11.8 Å². The molecule has 3 aromatic rings. The van der Waals surface area contributed by atoms with Gasteiger partial charge < -0.3 is 20.1 Å². The number of anilines is 2. The number of hydrogen-bond acceptors (Lipinski definition) is 5. The van der Waals surface area contributed by atoms with E-state index in [0.29, 0.717) is 22.8 Å². The van der Waals surface area contributed by atoms with Crippen LogP contribution in [0.25, 0.3) is 11.3 Å². The van der Waals surface area contributed by atoms with Crippen LogP contribution in [-0.2, 0) is 15.0 Å². The summed E-state index contributed by atoms with van der Waals surface area (Å²) in [6.45, 7) is 8.89. The van der Waals surface area contributed by atoms with Crippen molar-refractivity contribution in [2.24, 2.45) is 5.92 Å². The fourth-order valence-electron chi connectivity index (χ4n) is 3.66. The largest absolute Gasteiger partial charge is 0.586 e. The summed E-state index contributed by atoms with van der Waals surface area (Å²) in [4.78, 5) is 29.9. The Morgan fingerprint density at radius 1 is 0.972 bits per heavy atom. The van der Waals surface area contributed by atoms with E-state index in [1.54, 1.807) is 32.0 Å². The molecule has 2 heterocycles. The van der Waals surface area contributed by atoms with Crippen LogP contribution < -0.4 is 20.1 Å². The molecule has 4 rings (SSSR count). The minimum Gasteiger partial charge on any atom is -0.395 e. The van der Waals surface area contributed by atoms with E-state index < -0.39 is 11.7 Å². The van der Waals surface area contributed by atoms with Gasteiger partial charge in [-0.1, -0.05) is 38.1 Å². The van der Waals surface area contributed by atoms with Gasteiger partial charge in [0.05, 0.1) is 11.1 Å². The van der Waals surface area contributed by atoms with Crippen LogP contribution in [0.3, 0.4) is 0 Å². The number of carbonyl (C=O) groups is 2. The van der Waals surface area contributed by atoms with E-state index >= 15 is 0 Å². The molecule has 0 spiro atoms. The van der Waals surface area contributed by atoms with Gasteiger partial charge in [-0.3, -0.25) is 9.59 Å². The molecule has 36 heavy (non-hydrogen) atoms. The van der Waals surface area contributed by atoms with E-state index in [1.807, 2.05) is 45.0 Å². The molecule has 2 N–H and O–H groups in total. The number of aryl methyl sites for hydroxylation is 1. The summed E-state index contributed by atoms with van der Waals surface area (Å²) in [5.41, 5.74) is 2.34. The summed E-state index contributed by atoms with van der Waals surface area (Å²) in [5, 5.41) is 5.70. The van der Waals surface area contributed by atoms with E-state index in [9.17, 15) is 18.4 Å². The van der Waals surface area contributed by atoms with Gasteiger partial charge in [0.25, 0.3) is 0 Å². The summed E-state index contributed by atoms with van der Waals surface area (Å²) in [6, 6.07) is 15.1. The van der Waals surface area contributed by atoms with Gasteiger partial charge in [-0.2, -0.15) is 0 Å². The number of amides is 2. The summed E-state index contributed by atoms with van der Waals surface area (Å²) >= 11 is 0. The molecule has 0 saturated carbocycles. The van der Waals surface area contributed by atoms with Gasteiger partial charge >= 0.3 is 6.29 Å². The van der Waals surface area contributed by atoms with Gasteiger partial charge in [-0.15, -0.1) is 8.78 Å². The van der Waals surface area contributed by atoms with Crippen molar-refractivity contribution >= 4 is 23.3 Å². The summed E-state index contributed by atoms with van der Waals surface area (Å²) in [5.74, 6) is -0.509. The van der Waals surface area contributed by atoms with Crippen molar-refractivity contribution in [1.82, 2.24) is 4.98 Å². The van der Waals surface area contributed by atoms with Crippen LogP contribution in [0.2, 0.25) is 0 Å². The molecule has 1 aliphatic heterocycles. The topological polar surface area (TPSA) is 89.6 Å². The van der Waals surface area contributed by atoms with Gasteiger partial charge in [-0.05, 0) is 62.2 Å². The molecule has 0 radical (unpaired) electrons. The minimum absolute atomic E-state index is 0.0865. The first-order valence-electron chi connectivity index (χ1n) is 11.5. The Bertz CT molecular complexity index is 1340. The Labute approximate surface area is 207 Å². The number of pyridine rings is 1. The molecule has 0 unspecified atom stereocenters. The molecule has 0 bridgehead atoms. The Hall–Kier alpha value is -4.01. The van der Waals surface area contributed by atoms with Crippen molar-refractivity contribution in [2.75, 3.05) is 10.6 Å². The number of hydrogen-bond donors (Lipinski definition) is 2. The fourth-order valence-corrected chi connectivity index (χ4v) is 3.66. The van der Waals surface area contributed by atoms with Crippen molar-refractivity contribution in [3.8, 4) is 22.8 Å². The lowest BCUT2D eigenvalue weighted by molar-refractivity contribution is -0.286. The monoisotopic (exact) mass is 495 g/mol. The number of aromatic nitrogens is 1. The van der Waals surface area contributed by atoms with Crippen molar-refractivity contribution in [1.29, 1.82) is 0 Å². The number of ether oxygens (including phenoxy) is 2. The smallest absolute Gasteiger partial charge is 0.395 e. The third-order valence-electron chi connectivity index (χ3n) is 5.96. The Kier molecular flexibility index (Phi) is 6.43. The second-order valence-electron chi connectivity index (χ2n) is 9.49. The molecule has 0 fully saturated rings. The molecule has 9 heteroatoms. The second-order valence-corrected chi connectivity index (χ2v) is 9.49. The average Bonchev–Trinajstić information content (AvgIpc) is 3.13. The number of carbonyl (C=O) groups excluding carboxylic acids is 2. The van der Waals surface area contributed by atoms with Gasteiger partial charge in [0.15, 0.2) is 11.5 Å². The predicted molar refractivity (Wildman–Crippen MR) is 132 cm³/mol. The van der Waals surface area contributed by atoms with Crippen molar-refractivity contribution < 1.29 is 27.8 Å². The maximum Gasteiger partial charge on any atom is 0.586 e.